The normalized spacial score (nSPS) is 10.2. The van der Waals surface area contributed by atoms with Crippen molar-refractivity contribution in [3.8, 4) is 0 Å². The molecule has 0 bridgehead atoms. The van der Waals surface area contributed by atoms with Gasteiger partial charge in [0.05, 0.1) is 5.69 Å². The van der Waals surface area contributed by atoms with Gasteiger partial charge in [0, 0.05) is 0 Å². The molecule has 0 aliphatic carbocycles. The molecule has 0 unspecified atom stereocenters. The van der Waals surface area contributed by atoms with Gasteiger partial charge in [-0.1, -0.05) is 13.3 Å². The van der Waals surface area contributed by atoms with Crippen molar-refractivity contribution < 1.29 is 9.32 Å². The lowest BCUT2D eigenvalue weighted by atomic mass is 10.1. The standard InChI is InChI=1S/C8H11NO3/c1-3-4-6-7(5(2)10)8(11)12-9-6/h9H,3-4H2,1-2H3. The van der Waals surface area contributed by atoms with Crippen LogP contribution in [0.1, 0.15) is 36.3 Å². The Bertz CT molecular complexity index is 334. The largest absolute Gasteiger partial charge is 0.368 e. The fourth-order valence-corrected chi connectivity index (χ4v) is 1.12. The summed E-state index contributed by atoms with van der Waals surface area (Å²) in [4.78, 5) is 21.9. The Hall–Kier alpha value is -1.32. The van der Waals surface area contributed by atoms with Crippen molar-refractivity contribution >= 4 is 5.78 Å². The van der Waals surface area contributed by atoms with Gasteiger partial charge in [-0.05, 0) is 13.3 Å². The van der Waals surface area contributed by atoms with E-state index in [0.29, 0.717) is 12.1 Å². The molecule has 4 nitrogen and oxygen atoms in total. The highest BCUT2D eigenvalue weighted by Gasteiger charge is 2.14. The monoisotopic (exact) mass is 169 g/mol. The van der Waals surface area contributed by atoms with Gasteiger partial charge in [0.25, 0.3) is 0 Å². The Morgan fingerprint density at radius 2 is 2.25 bits per heavy atom. The van der Waals surface area contributed by atoms with Crippen LogP contribution in [0, 0.1) is 0 Å². The molecular weight excluding hydrogens is 158 g/mol. The number of ketones is 1. The molecule has 0 saturated carbocycles. The first-order chi connectivity index (χ1) is 5.66. The first-order valence-electron chi connectivity index (χ1n) is 3.88. The molecule has 1 rings (SSSR count). The van der Waals surface area contributed by atoms with Crippen LogP contribution in [-0.2, 0) is 6.42 Å². The van der Waals surface area contributed by atoms with E-state index in [-0.39, 0.29) is 11.3 Å². The summed E-state index contributed by atoms with van der Waals surface area (Å²) in [5, 5.41) is 2.45. The summed E-state index contributed by atoms with van der Waals surface area (Å²) >= 11 is 0. The van der Waals surface area contributed by atoms with Crippen LogP contribution < -0.4 is 5.63 Å². The highest BCUT2D eigenvalue weighted by atomic mass is 16.5. The number of aromatic nitrogens is 1. The van der Waals surface area contributed by atoms with Gasteiger partial charge in [-0.3, -0.25) is 4.79 Å². The summed E-state index contributed by atoms with van der Waals surface area (Å²) < 4.78 is 4.51. The van der Waals surface area contributed by atoms with Gasteiger partial charge in [0.1, 0.15) is 5.56 Å². The summed E-state index contributed by atoms with van der Waals surface area (Å²) in [5.74, 6) is -0.242. The molecule has 0 atom stereocenters. The van der Waals surface area contributed by atoms with Gasteiger partial charge in [-0.15, -0.1) is 0 Å². The van der Waals surface area contributed by atoms with Crippen molar-refractivity contribution in [2.45, 2.75) is 26.7 Å². The minimum atomic E-state index is -0.564. The van der Waals surface area contributed by atoms with E-state index in [1.165, 1.54) is 6.92 Å². The Morgan fingerprint density at radius 3 is 2.75 bits per heavy atom. The summed E-state index contributed by atoms with van der Waals surface area (Å²) in [6.07, 6.45) is 1.54. The number of aryl methyl sites for hydroxylation is 1. The van der Waals surface area contributed by atoms with Crippen LogP contribution in [0.3, 0.4) is 0 Å². The van der Waals surface area contributed by atoms with E-state index in [2.05, 4.69) is 9.68 Å². The number of carbonyl (C=O) groups is 1. The summed E-state index contributed by atoms with van der Waals surface area (Å²) in [5.41, 5.74) is 0.206. The maximum Gasteiger partial charge on any atom is 0.368 e. The molecule has 66 valence electrons. The maximum absolute atomic E-state index is 10.9. The fraction of sp³-hybridized carbons (Fsp3) is 0.500. The second kappa shape index (κ2) is 3.38. The van der Waals surface area contributed by atoms with Crippen molar-refractivity contribution in [2.24, 2.45) is 0 Å². The minimum Gasteiger partial charge on any atom is -0.338 e. The van der Waals surface area contributed by atoms with Crippen LogP contribution in [0.4, 0.5) is 0 Å². The van der Waals surface area contributed by atoms with Crippen molar-refractivity contribution in [3.63, 3.8) is 0 Å². The van der Waals surface area contributed by atoms with Crippen molar-refractivity contribution in [3.05, 3.63) is 21.7 Å². The Labute approximate surface area is 69.5 Å². The average Bonchev–Trinajstić information content (AvgIpc) is 2.32. The van der Waals surface area contributed by atoms with Gasteiger partial charge >= 0.3 is 5.63 Å². The van der Waals surface area contributed by atoms with E-state index in [1.807, 2.05) is 6.92 Å². The molecule has 1 aromatic rings. The van der Waals surface area contributed by atoms with Crippen molar-refractivity contribution in [2.75, 3.05) is 0 Å². The molecule has 1 heterocycles. The van der Waals surface area contributed by atoms with Crippen LogP contribution in [0.25, 0.3) is 0 Å². The van der Waals surface area contributed by atoms with E-state index in [1.54, 1.807) is 0 Å². The Morgan fingerprint density at radius 1 is 1.58 bits per heavy atom. The molecule has 4 heteroatoms. The second-order valence-electron chi connectivity index (χ2n) is 2.65. The topological polar surface area (TPSA) is 63.1 Å². The van der Waals surface area contributed by atoms with Gasteiger partial charge in [0.15, 0.2) is 5.78 Å². The molecule has 1 N–H and O–H groups in total. The third kappa shape index (κ3) is 1.47. The number of nitrogens with one attached hydrogen (secondary N) is 1. The Balaban J connectivity index is 3.12. The van der Waals surface area contributed by atoms with E-state index in [0.717, 1.165) is 6.42 Å². The lowest BCUT2D eigenvalue weighted by Crippen LogP contribution is -2.08. The first-order valence-corrected chi connectivity index (χ1v) is 3.88. The van der Waals surface area contributed by atoms with Crippen LogP contribution in [0.2, 0.25) is 0 Å². The highest BCUT2D eigenvalue weighted by molar-refractivity contribution is 5.94. The van der Waals surface area contributed by atoms with E-state index < -0.39 is 5.63 Å². The van der Waals surface area contributed by atoms with Gasteiger partial charge in [-0.2, -0.15) is 0 Å². The second-order valence-corrected chi connectivity index (χ2v) is 2.65. The zero-order valence-electron chi connectivity index (χ0n) is 7.14. The number of hydrogen-bond donors (Lipinski definition) is 1. The summed E-state index contributed by atoms with van der Waals surface area (Å²) in [7, 11) is 0. The van der Waals surface area contributed by atoms with Crippen LogP contribution in [-0.4, -0.2) is 10.9 Å². The number of aromatic amines is 1. The number of carbonyl (C=O) groups excluding carboxylic acids is 1. The zero-order valence-corrected chi connectivity index (χ0v) is 7.14. The molecule has 0 radical (unpaired) electrons. The van der Waals surface area contributed by atoms with E-state index >= 15 is 0 Å². The molecule has 1 aromatic heterocycles. The molecule has 0 aromatic carbocycles. The van der Waals surface area contributed by atoms with Gasteiger partial charge in [0.2, 0.25) is 0 Å². The van der Waals surface area contributed by atoms with Gasteiger partial charge < -0.3 is 4.52 Å². The van der Waals surface area contributed by atoms with Crippen LogP contribution in [0.5, 0.6) is 0 Å². The number of hydrogen-bond acceptors (Lipinski definition) is 3. The zero-order chi connectivity index (χ0) is 9.14. The molecule has 0 amide bonds. The predicted molar refractivity (Wildman–Crippen MR) is 43.3 cm³/mol. The maximum atomic E-state index is 10.9. The highest BCUT2D eigenvalue weighted by Crippen LogP contribution is 2.04. The molecule has 0 aliphatic heterocycles. The summed E-state index contributed by atoms with van der Waals surface area (Å²) in [6.45, 7) is 3.33. The number of Topliss-reactive ketones (excluding diaryl/α,β-unsaturated/α-hetero) is 1. The lowest BCUT2D eigenvalue weighted by molar-refractivity contribution is 0.101. The molecule has 0 fully saturated rings. The van der Waals surface area contributed by atoms with Crippen molar-refractivity contribution in [1.82, 2.24) is 5.16 Å². The molecule has 0 aliphatic rings. The average molecular weight is 169 g/mol. The third-order valence-corrected chi connectivity index (χ3v) is 1.62. The van der Waals surface area contributed by atoms with Crippen LogP contribution in [0.15, 0.2) is 9.32 Å². The number of H-pyrrole nitrogens is 1. The predicted octanol–water partition coefficient (Wildman–Crippen LogP) is 1.12. The minimum absolute atomic E-state index is 0.164. The third-order valence-electron chi connectivity index (χ3n) is 1.62. The molecule has 12 heavy (non-hydrogen) atoms. The van der Waals surface area contributed by atoms with E-state index in [9.17, 15) is 9.59 Å². The Kier molecular flexibility index (Phi) is 2.47. The van der Waals surface area contributed by atoms with Gasteiger partial charge in [-0.25, -0.2) is 9.95 Å². The smallest absolute Gasteiger partial charge is 0.338 e. The van der Waals surface area contributed by atoms with Crippen molar-refractivity contribution in [1.29, 1.82) is 0 Å². The molecular formula is C8H11NO3. The number of rotatable bonds is 3. The molecule has 0 saturated heterocycles. The first kappa shape index (κ1) is 8.77. The molecule has 0 spiro atoms. The van der Waals surface area contributed by atoms with Crippen LogP contribution >= 0.6 is 0 Å². The summed E-state index contributed by atoms with van der Waals surface area (Å²) in [6, 6.07) is 0. The fourth-order valence-electron chi connectivity index (χ4n) is 1.12. The SMILES string of the molecule is CCCc1[nH]oc(=O)c1C(C)=O. The quantitative estimate of drug-likeness (QED) is 0.689. The van der Waals surface area contributed by atoms with E-state index in [4.69, 9.17) is 0 Å². The lowest BCUT2D eigenvalue weighted by Gasteiger charge is -1.92.